The van der Waals surface area contributed by atoms with E-state index in [-0.39, 0.29) is 23.4 Å². The molecule has 1 aromatic carbocycles. The number of alkyl halides is 3. The highest BCUT2D eigenvalue weighted by molar-refractivity contribution is 5.75. The highest BCUT2D eigenvalue weighted by atomic mass is 19.4. The van der Waals surface area contributed by atoms with E-state index in [0.29, 0.717) is 64.5 Å². The quantitative estimate of drug-likeness (QED) is 0.652. The van der Waals surface area contributed by atoms with Gasteiger partial charge in [0.25, 0.3) is 0 Å². The average molecular weight is 481 g/mol. The maximum Gasteiger partial charge on any atom is 0.416 e. The number of hydrogen-bond donors (Lipinski definition) is 0. The van der Waals surface area contributed by atoms with Gasteiger partial charge in [-0.05, 0) is 30.5 Å². The number of aromatic nitrogens is 2. The van der Waals surface area contributed by atoms with Crippen LogP contribution in [0.15, 0.2) is 30.7 Å². The SMILES string of the molecule is COCCn1cnc(C2CC(c3ccc(C)c(C(F)(F)F)c3)CN(C(=O)N3CCOCC3)C2)c1. The highest BCUT2D eigenvalue weighted by Gasteiger charge is 2.37. The second kappa shape index (κ2) is 10.4. The fourth-order valence-corrected chi connectivity index (χ4v) is 4.77. The molecule has 4 rings (SSSR count). The molecule has 2 aromatic rings. The normalized spacial score (nSPS) is 21.7. The van der Waals surface area contributed by atoms with Gasteiger partial charge in [-0.15, -0.1) is 0 Å². The number of amides is 2. The van der Waals surface area contributed by atoms with Crippen LogP contribution in [0.2, 0.25) is 0 Å². The second-order valence-corrected chi connectivity index (χ2v) is 9.02. The maximum absolute atomic E-state index is 13.6. The van der Waals surface area contributed by atoms with Gasteiger partial charge in [-0.3, -0.25) is 0 Å². The van der Waals surface area contributed by atoms with Crippen LogP contribution in [-0.2, 0) is 22.2 Å². The maximum atomic E-state index is 13.6. The molecule has 2 aliphatic heterocycles. The average Bonchev–Trinajstić information content (AvgIpc) is 3.31. The van der Waals surface area contributed by atoms with Crippen LogP contribution in [0.3, 0.4) is 0 Å². The standard InChI is InChI=1S/C24H31F3N4O3/c1-17-3-4-18(12-21(17)24(25,26)27)19-11-20(22-15-29(16-28-22)5-8-33-2)14-31(13-19)23(32)30-6-9-34-10-7-30/h3-4,12,15-16,19-20H,5-11,13-14H2,1-2H3. The van der Waals surface area contributed by atoms with E-state index in [1.165, 1.54) is 19.1 Å². The number of aryl methyl sites for hydroxylation is 1. The number of piperidine rings is 1. The molecule has 2 fully saturated rings. The first-order chi connectivity index (χ1) is 16.3. The van der Waals surface area contributed by atoms with Crippen LogP contribution < -0.4 is 0 Å². The van der Waals surface area contributed by atoms with Crippen LogP contribution in [0.25, 0.3) is 0 Å². The van der Waals surface area contributed by atoms with Gasteiger partial charge in [0.2, 0.25) is 0 Å². The molecule has 186 valence electrons. The van der Waals surface area contributed by atoms with E-state index in [4.69, 9.17) is 9.47 Å². The zero-order chi connectivity index (χ0) is 24.3. The molecule has 0 bridgehead atoms. The van der Waals surface area contributed by atoms with Gasteiger partial charge in [0.15, 0.2) is 0 Å². The van der Waals surface area contributed by atoms with Crippen molar-refractivity contribution in [1.82, 2.24) is 19.4 Å². The number of hydrogen-bond acceptors (Lipinski definition) is 4. The molecule has 10 heteroatoms. The van der Waals surface area contributed by atoms with Crippen LogP contribution in [0.4, 0.5) is 18.0 Å². The Hall–Kier alpha value is -2.59. The van der Waals surface area contributed by atoms with E-state index >= 15 is 0 Å². The Balaban J connectivity index is 1.62. The van der Waals surface area contributed by atoms with Gasteiger partial charge in [0.1, 0.15) is 0 Å². The molecule has 0 N–H and O–H groups in total. The molecule has 2 aliphatic rings. The van der Waals surface area contributed by atoms with E-state index in [2.05, 4.69) is 4.98 Å². The summed E-state index contributed by atoms with van der Waals surface area (Å²) in [6.07, 6.45) is -0.119. The summed E-state index contributed by atoms with van der Waals surface area (Å²) >= 11 is 0. The summed E-state index contributed by atoms with van der Waals surface area (Å²) in [5.41, 5.74) is 1.01. The summed E-state index contributed by atoms with van der Waals surface area (Å²) in [6, 6.07) is 4.43. The topological polar surface area (TPSA) is 59.8 Å². The number of nitrogens with zero attached hydrogens (tertiary/aromatic N) is 4. The van der Waals surface area contributed by atoms with Crippen LogP contribution in [0.5, 0.6) is 0 Å². The highest BCUT2D eigenvalue weighted by Crippen LogP contribution is 2.39. The first-order valence-corrected chi connectivity index (χ1v) is 11.6. The number of methoxy groups -OCH3 is 1. The van der Waals surface area contributed by atoms with Crippen molar-refractivity contribution in [2.45, 2.75) is 37.9 Å². The Morgan fingerprint density at radius 1 is 1.18 bits per heavy atom. The Morgan fingerprint density at radius 2 is 1.91 bits per heavy atom. The van der Waals surface area contributed by atoms with Crippen molar-refractivity contribution in [2.75, 3.05) is 53.1 Å². The van der Waals surface area contributed by atoms with Crippen molar-refractivity contribution in [3.8, 4) is 0 Å². The number of rotatable bonds is 5. The van der Waals surface area contributed by atoms with Gasteiger partial charge >= 0.3 is 12.2 Å². The number of carbonyl (C=O) groups is 1. The van der Waals surface area contributed by atoms with Crippen LogP contribution in [-0.4, -0.2) is 78.5 Å². The summed E-state index contributed by atoms with van der Waals surface area (Å²) < 4.78 is 53.2. The summed E-state index contributed by atoms with van der Waals surface area (Å²) in [5, 5.41) is 0. The van der Waals surface area contributed by atoms with Gasteiger partial charge in [-0.25, -0.2) is 9.78 Å². The third-order valence-corrected chi connectivity index (χ3v) is 6.67. The Bertz CT molecular complexity index is 988. The van der Waals surface area contributed by atoms with Gasteiger partial charge in [0.05, 0.1) is 37.4 Å². The van der Waals surface area contributed by atoms with E-state index in [1.54, 1.807) is 29.3 Å². The molecule has 2 atom stereocenters. The minimum Gasteiger partial charge on any atom is -0.383 e. The fourth-order valence-electron chi connectivity index (χ4n) is 4.77. The minimum absolute atomic E-state index is 0.0804. The smallest absolute Gasteiger partial charge is 0.383 e. The molecule has 0 saturated carbocycles. The lowest BCUT2D eigenvalue weighted by atomic mass is 9.82. The summed E-state index contributed by atoms with van der Waals surface area (Å²) in [5.74, 6) is -0.308. The number of halogens is 3. The number of carbonyl (C=O) groups excluding carboxylic acids is 1. The molecule has 1 aromatic heterocycles. The number of benzene rings is 1. The Kier molecular flexibility index (Phi) is 7.47. The lowest BCUT2D eigenvalue weighted by Gasteiger charge is -2.41. The van der Waals surface area contributed by atoms with Crippen molar-refractivity contribution >= 4 is 6.03 Å². The first kappa shape index (κ1) is 24.5. The van der Waals surface area contributed by atoms with Crippen LogP contribution in [0, 0.1) is 6.92 Å². The molecule has 7 nitrogen and oxygen atoms in total. The third kappa shape index (κ3) is 5.55. The van der Waals surface area contributed by atoms with Crippen molar-refractivity contribution in [3.05, 3.63) is 53.1 Å². The number of urea groups is 1. The zero-order valence-electron chi connectivity index (χ0n) is 19.6. The Labute approximate surface area is 197 Å². The lowest BCUT2D eigenvalue weighted by Crippen LogP contribution is -2.52. The van der Waals surface area contributed by atoms with Crippen LogP contribution >= 0.6 is 0 Å². The second-order valence-electron chi connectivity index (χ2n) is 9.02. The molecule has 2 amide bonds. The fraction of sp³-hybridized carbons (Fsp3) is 0.583. The number of likely N-dealkylation sites (tertiary alicyclic amines) is 1. The molecule has 0 aliphatic carbocycles. The monoisotopic (exact) mass is 480 g/mol. The largest absolute Gasteiger partial charge is 0.416 e. The van der Waals surface area contributed by atoms with Gasteiger partial charge in [0, 0.05) is 57.9 Å². The predicted molar refractivity (Wildman–Crippen MR) is 120 cm³/mol. The van der Waals surface area contributed by atoms with E-state index in [9.17, 15) is 18.0 Å². The van der Waals surface area contributed by atoms with Crippen molar-refractivity contribution in [3.63, 3.8) is 0 Å². The Morgan fingerprint density at radius 3 is 2.62 bits per heavy atom. The molecular weight excluding hydrogens is 449 g/mol. The summed E-state index contributed by atoms with van der Waals surface area (Å²) in [7, 11) is 1.63. The molecule has 0 radical (unpaired) electrons. The molecule has 3 heterocycles. The number of morpholine rings is 1. The first-order valence-electron chi connectivity index (χ1n) is 11.6. The lowest BCUT2D eigenvalue weighted by molar-refractivity contribution is -0.138. The third-order valence-electron chi connectivity index (χ3n) is 6.67. The van der Waals surface area contributed by atoms with Crippen molar-refractivity contribution in [2.24, 2.45) is 0 Å². The molecule has 2 unspecified atom stereocenters. The molecule has 0 spiro atoms. The van der Waals surface area contributed by atoms with Crippen molar-refractivity contribution in [1.29, 1.82) is 0 Å². The summed E-state index contributed by atoms with van der Waals surface area (Å²) in [4.78, 5) is 21.4. The van der Waals surface area contributed by atoms with Gasteiger partial charge in [-0.1, -0.05) is 12.1 Å². The van der Waals surface area contributed by atoms with Crippen LogP contribution in [0.1, 0.15) is 40.6 Å². The predicted octanol–water partition coefficient (Wildman–Crippen LogP) is 3.88. The molecular formula is C24H31F3N4O3. The molecule has 34 heavy (non-hydrogen) atoms. The van der Waals surface area contributed by atoms with E-state index in [1.807, 2.05) is 10.8 Å². The van der Waals surface area contributed by atoms with Gasteiger partial charge < -0.3 is 23.8 Å². The molecule has 2 saturated heterocycles. The van der Waals surface area contributed by atoms with E-state index in [0.717, 1.165) is 5.69 Å². The van der Waals surface area contributed by atoms with E-state index < -0.39 is 11.7 Å². The number of ether oxygens (including phenoxy) is 2. The zero-order valence-corrected chi connectivity index (χ0v) is 19.6. The minimum atomic E-state index is -4.42. The van der Waals surface area contributed by atoms with Gasteiger partial charge in [-0.2, -0.15) is 13.2 Å². The van der Waals surface area contributed by atoms with Crippen molar-refractivity contribution < 1.29 is 27.4 Å². The number of imidazole rings is 1. The summed E-state index contributed by atoms with van der Waals surface area (Å²) in [6.45, 7) is 5.53.